The van der Waals surface area contributed by atoms with E-state index in [1.165, 1.54) is 29.2 Å². The fraction of sp³-hybridized carbons (Fsp3) is 0.333. The molecule has 0 bridgehead atoms. The maximum absolute atomic E-state index is 13.8. The van der Waals surface area contributed by atoms with Gasteiger partial charge in [-0.1, -0.05) is 11.6 Å². The lowest BCUT2D eigenvalue weighted by Crippen LogP contribution is -2.50. The van der Waals surface area contributed by atoms with E-state index in [1.54, 1.807) is 0 Å². The van der Waals surface area contributed by atoms with Crippen LogP contribution >= 0.6 is 22.9 Å². The molecule has 1 aliphatic heterocycles. The summed E-state index contributed by atoms with van der Waals surface area (Å²) in [4.78, 5) is 50.5. The first kappa shape index (κ1) is 26.3. The first-order valence-corrected chi connectivity index (χ1v) is 11.4. The molecule has 1 atom stereocenters. The van der Waals surface area contributed by atoms with Crippen molar-refractivity contribution in [3.63, 3.8) is 0 Å². The number of rotatable bonds is 8. The minimum Gasteiger partial charge on any atom is -0.453 e. The van der Waals surface area contributed by atoms with Gasteiger partial charge in [-0.2, -0.15) is 0 Å². The summed E-state index contributed by atoms with van der Waals surface area (Å²) < 4.78 is 37.5. The van der Waals surface area contributed by atoms with Crippen LogP contribution in [0.1, 0.15) is 21.7 Å². The second kappa shape index (κ2) is 11.9. The molecule has 0 aliphatic carbocycles. The van der Waals surface area contributed by atoms with Crippen LogP contribution in [0, 0.1) is 0 Å². The highest BCUT2D eigenvalue weighted by Gasteiger charge is 2.26. The van der Waals surface area contributed by atoms with Crippen LogP contribution in [-0.4, -0.2) is 63.3 Å². The van der Waals surface area contributed by atoms with E-state index in [4.69, 9.17) is 16.3 Å². The molecule has 10 nitrogen and oxygen atoms in total. The third kappa shape index (κ3) is 6.87. The highest BCUT2D eigenvalue weighted by Crippen LogP contribution is 2.32. The Morgan fingerprint density at radius 3 is 2.66 bits per heavy atom. The number of amides is 4. The minimum absolute atomic E-state index is 0.160. The summed E-state index contributed by atoms with van der Waals surface area (Å²) in [5.41, 5.74) is -0.510. The maximum atomic E-state index is 13.8. The van der Waals surface area contributed by atoms with E-state index in [0.717, 1.165) is 24.5 Å². The second-order valence-corrected chi connectivity index (χ2v) is 8.88. The van der Waals surface area contributed by atoms with Gasteiger partial charge < -0.3 is 30.3 Å². The van der Waals surface area contributed by atoms with E-state index in [-0.39, 0.29) is 48.5 Å². The SMILES string of the molecule is COC(=O)N[C@@H](CNC(=O)c1ccc(Cl)s1)C(=O)Nc1ccc(N2CCOCC2=O)cc1C(F)F. The molecular formula is C21H21ClF2N4O6S. The smallest absolute Gasteiger partial charge is 0.407 e. The van der Waals surface area contributed by atoms with E-state index < -0.39 is 35.9 Å². The monoisotopic (exact) mass is 530 g/mol. The normalized spacial score (nSPS) is 14.4. The largest absolute Gasteiger partial charge is 0.453 e. The summed E-state index contributed by atoms with van der Waals surface area (Å²) in [6.45, 7) is -0.0571. The lowest BCUT2D eigenvalue weighted by atomic mass is 10.1. The van der Waals surface area contributed by atoms with Gasteiger partial charge in [0.2, 0.25) is 5.91 Å². The zero-order chi connectivity index (χ0) is 25.5. The summed E-state index contributed by atoms with van der Waals surface area (Å²) in [7, 11) is 1.08. The number of carbonyl (C=O) groups excluding carboxylic acids is 4. The number of halogens is 3. The number of morpholine rings is 1. The fourth-order valence-electron chi connectivity index (χ4n) is 3.15. The van der Waals surface area contributed by atoms with Gasteiger partial charge in [-0.25, -0.2) is 13.6 Å². The van der Waals surface area contributed by atoms with Crippen molar-refractivity contribution < 1.29 is 37.4 Å². The number of alkyl carbamates (subject to hydrolysis) is 1. The molecule has 2 heterocycles. The minimum atomic E-state index is -2.98. The van der Waals surface area contributed by atoms with Gasteiger partial charge in [0.1, 0.15) is 12.6 Å². The van der Waals surface area contributed by atoms with Crippen LogP contribution in [0.2, 0.25) is 4.34 Å². The number of methoxy groups -OCH3 is 1. The number of nitrogens with zero attached hydrogens (tertiary/aromatic N) is 1. The molecule has 14 heteroatoms. The number of thiophene rings is 1. The van der Waals surface area contributed by atoms with Crippen LogP contribution in [0.15, 0.2) is 30.3 Å². The van der Waals surface area contributed by atoms with Crippen molar-refractivity contribution in [3.8, 4) is 0 Å². The average Bonchev–Trinajstić information content (AvgIpc) is 3.28. The quantitative estimate of drug-likeness (QED) is 0.482. The molecule has 35 heavy (non-hydrogen) atoms. The van der Waals surface area contributed by atoms with Crippen LogP contribution in [-0.2, 0) is 19.1 Å². The Labute approximate surface area is 207 Å². The maximum Gasteiger partial charge on any atom is 0.407 e. The van der Waals surface area contributed by atoms with E-state index >= 15 is 0 Å². The molecule has 0 saturated carbocycles. The molecule has 1 aliphatic rings. The molecule has 3 N–H and O–H groups in total. The van der Waals surface area contributed by atoms with Crippen molar-refractivity contribution in [2.45, 2.75) is 12.5 Å². The Morgan fingerprint density at radius 1 is 1.26 bits per heavy atom. The molecule has 1 saturated heterocycles. The molecule has 1 fully saturated rings. The molecular weight excluding hydrogens is 510 g/mol. The summed E-state index contributed by atoms with van der Waals surface area (Å²) in [5.74, 6) is -1.80. The van der Waals surface area contributed by atoms with Gasteiger partial charge in [-0.05, 0) is 30.3 Å². The molecule has 2 aromatic rings. The van der Waals surface area contributed by atoms with Crippen molar-refractivity contribution in [2.24, 2.45) is 0 Å². The van der Waals surface area contributed by atoms with Crippen LogP contribution < -0.4 is 20.9 Å². The summed E-state index contributed by atoms with van der Waals surface area (Å²) in [6, 6.07) is 5.41. The molecule has 0 spiro atoms. The third-order valence-corrected chi connectivity index (χ3v) is 6.11. The van der Waals surface area contributed by atoms with Crippen molar-refractivity contribution in [1.82, 2.24) is 10.6 Å². The Balaban J connectivity index is 1.76. The second-order valence-electron chi connectivity index (χ2n) is 7.16. The highest BCUT2D eigenvalue weighted by molar-refractivity contribution is 7.18. The van der Waals surface area contributed by atoms with Crippen molar-refractivity contribution in [1.29, 1.82) is 0 Å². The number of anilines is 2. The Morgan fingerprint density at radius 2 is 2.03 bits per heavy atom. The number of benzene rings is 1. The number of hydrogen-bond acceptors (Lipinski definition) is 7. The van der Waals surface area contributed by atoms with Gasteiger partial charge in [0.15, 0.2) is 0 Å². The predicted octanol–water partition coefficient (Wildman–Crippen LogP) is 2.80. The lowest BCUT2D eigenvalue weighted by molar-refractivity contribution is -0.125. The molecule has 1 aromatic heterocycles. The molecule has 0 unspecified atom stereocenters. The van der Waals surface area contributed by atoms with Crippen LogP contribution in [0.4, 0.5) is 25.0 Å². The standard InChI is InChI=1S/C21H21ClF2N4O6S/c1-33-21(32)27-14(9-25-20(31)15-4-5-16(22)35-15)19(30)26-13-3-2-11(8-12(13)18(23)24)28-6-7-34-10-17(28)29/h2-5,8,14,18H,6-7,9-10H2,1H3,(H,25,31)(H,26,30)(H,27,32)/t14-/m0/s1. The molecule has 0 radical (unpaired) electrons. The Kier molecular flexibility index (Phi) is 8.95. The van der Waals surface area contributed by atoms with Crippen LogP contribution in [0.25, 0.3) is 0 Å². The first-order valence-electron chi connectivity index (χ1n) is 10.2. The number of ether oxygens (including phenoxy) is 2. The Hall–Kier alpha value is -3.29. The van der Waals surface area contributed by atoms with E-state index in [0.29, 0.717) is 4.34 Å². The first-order chi connectivity index (χ1) is 16.7. The zero-order valence-electron chi connectivity index (χ0n) is 18.3. The average molecular weight is 531 g/mol. The van der Waals surface area contributed by atoms with Crippen molar-refractivity contribution >= 4 is 58.1 Å². The summed E-state index contributed by atoms with van der Waals surface area (Å²) in [6.07, 6.45) is -3.94. The van der Waals surface area contributed by atoms with Crippen LogP contribution in [0.3, 0.4) is 0 Å². The van der Waals surface area contributed by atoms with Crippen LogP contribution in [0.5, 0.6) is 0 Å². The predicted molar refractivity (Wildman–Crippen MR) is 124 cm³/mol. The number of nitrogens with one attached hydrogen (secondary N) is 3. The number of carbonyl (C=O) groups is 4. The summed E-state index contributed by atoms with van der Waals surface area (Å²) >= 11 is 6.83. The highest BCUT2D eigenvalue weighted by atomic mass is 35.5. The van der Waals surface area contributed by atoms with Gasteiger partial charge in [-0.15, -0.1) is 11.3 Å². The van der Waals surface area contributed by atoms with Crippen molar-refractivity contribution in [3.05, 3.63) is 45.1 Å². The van der Waals surface area contributed by atoms with Gasteiger partial charge in [0.25, 0.3) is 18.2 Å². The summed E-state index contributed by atoms with van der Waals surface area (Å²) in [5, 5.41) is 7.08. The van der Waals surface area contributed by atoms with E-state index in [9.17, 15) is 28.0 Å². The van der Waals surface area contributed by atoms with E-state index in [2.05, 4.69) is 20.7 Å². The van der Waals surface area contributed by atoms with Crippen molar-refractivity contribution in [2.75, 3.05) is 43.6 Å². The van der Waals surface area contributed by atoms with E-state index in [1.807, 2.05) is 0 Å². The van der Waals surface area contributed by atoms with Gasteiger partial charge >= 0.3 is 6.09 Å². The molecule has 3 rings (SSSR count). The number of hydrogen-bond donors (Lipinski definition) is 3. The Bertz CT molecular complexity index is 1120. The molecule has 188 valence electrons. The molecule has 4 amide bonds. The number of alkyl halides is 2. The lowest BCUT2D eigenvalue weighted by Gasteiger charge is -2.27. The fourth-order valence-corrected chi connectivity index (χ4v) is 4.11. The zero-order valence-corrected chi connectivity index (χ0v) is 19.9. The van der Waals surface area contributed by atoms with Gasteiger partial charge in [0.05, 0.1) is 22.9 Å². The van der Waals surface area contributed by atoms with Gasteiger partial charge in [-0.3, -0.25) is 14.4 Å². The van der Waals surface area contributed by atoms with Gasteiger partial charge in [0, 0.05) is 30.0 Å². The molecule has 1 aromatic carbocycles. The third-order valence-electron chi connectivity index (χ3n) is 4.88. The topological polar surface area (TPSA) is 126 Å².